The molecule has 0 radical (unpaired) electrons. The third-order valence-corrected chi connectivity index (χ3v) is 4.08. The van der Waals surface area contributed by atoms with Crippen LogP contribution in [0.3, 0.4) is 0 Å². The summed E-state index contributed by atoms with van der Waals surface area (Å²) in [5.41, 5.74) is 5.51. The fourth-order valence-corrected chi connectivity index (χ4v) is 2.85. The van der Waals surface area contributed by atoms with Crippen molar-refractivity contribution in [2.24, 2.45) is 0 Å². The molecule has 0 aliphatic rings. The van der Waals surface area contributed by atoms with E-state index in [-0.39, 0.29) is 5.91 Å². The molecule has 0 unspecified atom stereocenters. The van der Waals surface area contributed by atoms with E-state index in [1.807, 2.05) is 30.3 Å². The van der Waals surface area contributed by atoms with Gasteiger partial charge < -0.3 is 4.90 Å². The Hall–Kier alpha value is -2.87. The van der Waals surface area contributed by atoms with Crippen LogP contribution < -0.4 is 0 Å². The molecule has 0 atom stereocenters. The molecule has 24 heavy (non-hydrogen) atoms. The smallest absolute Gasteiger partial charge is 0.253 e. The van der Waals surface area contributed by atoms with Crippen molar-refractivity contribution in [3.63, 3.8) is 0 Å². The van der Waals surface area contributed by atoms with Gasteiger partial charge in [0, 0.05) is 19.7 Å². The standard InChI is InChI=1S/C22H21NO/c1-23(2)22(24)20-13-8-12-19(16-20)21-14-7-6-11-18(21)15-17-9-4-3-5-10-17/h3-14,16H,15H2,1-2H3. The average molecular weight is 315 g/mol. The zero-order valence-corrected chi connectivity index (χ0v) is 14.1. The second-order valence-electron chi connectivity index (χ2n) is 6.10. The Morgan fingerprint density at radius 2 is 1.54 bits per heavy atom. The van der Waals surface area contributed by atoms with Gasteiger partial charge in [-0.25, -0.2) is 0 Å². The Bertz CT molecular complexity index is 837. The van der Waals surface area contributed by atoms with Gasteiger partial charge in [-0.1, -0.05) is 66.7 Å². The highest BCUT2D eigenvalue weighted by Gasteiger charge is 2.11. The third kappa shape index (κ3) is 3.54. The summed E-state index contributed by atoms with van der Waals surface area (Å²) < 4.78 is 0. The number of carbonyl (C=O) groups excluding carboxylic acids is 1. The molecule has 0 bridgehead atoms. The quantitative estimate of drug-likeness (QED) is 0.686. The van der Waals surface area contributed by atoms with Crippen LogP contribution in [0, 0.1) is 0 Å². The highest BCUT2D eigenvalue weighted by molar-refractivity contribution is 5.95. The van der Waals surface area contributed by atoms with Crippen LogP contribution in [0.5, 0.6) is 0 Å². The number of carbonyl (C=O) groups is 1. The maximum atomic E-state index is 12.2. The largest absolute Gasteiger partial charge is 0.345 e. The van der Waals surface area contributed by atoms with Crippen molar-refractivity contribution in [3.05, 3.63) is 95.6 Å². The minimum absolute atomic E-state index is 0.0254. The van der Waals surface area contributed by atoms with E-state index in [0.717, 1.165) is 12.0 Å². The first kappa shape index (κ1) is 16.0. The van der Waals surface area contributed by atoms with Crippen molar-refractivity contribution >= 4 is 5.91 Å². The topological polar surface area (TPSA) is 20.3 Å². The molecule has 3 aromatic rings. The van der Waals surface area contributed by atoms with Crippen molar-refractivity contribution in [3.8, 4) is 11.1 Å². The van der Waals surface area contributed by atoms with Crippen LogP contribution in [0.4, 0.5) is 0 Å². The number of rotatable bonds is 4. The number of nitrogens with zero attached hydrogens (tertiary/aromatic N) is 1. The predicted octanol–water partition coefficient (Wildman–Crippen LogP) is 4.65. The first-order valence-corrected chi connectivity index (χ1v) is 8.09. The highest BCUT2D eigenvalue weighted by Crippen LogP contribution is 2.26. The summed E-state index contributed by atoms with van der Waals surface area (Å²) >= 11 is 0. The molecule has 2 nitrogen and oxygen atoms in total. The van der Waals surface area contributed by atoms with Gasteiger partial charge in [-0.3, -0.25) is 4.79 Å². The molecule has 0 aromatic heterocycles. The van der Waals surface area contributed by atoms with E-state index in [2.05, 4.69) is 48.5 Å². The lowest BCUT2D eigenvalue weighted by Crippen LogP contribution is -2.21. The molecule has 120 valence electrons. The molecule has 3 aromatic carbocycles. The van der Waals surface area contributed by atoms with Gasteiger partial charge >= 0.3 is 0 Å². The summed E-state index contributed by atoms with van der Waals surface area (Å²) in [7, 11) is 3.55. The Balaban J connectivity index is 1.98. The maximum Gasteiger partial charge on any atom is 0.253 e. The second-order valence-corrected chi connectivity index (χ2v) is 6.10. The fraction of sp³-hybridized carbons (Fsp3) is 0.136. The van der Waals surface area contributed by atoms with Crippen molar-refractivity contribution in [1.82, 2.24) is 4.90 Å². The second kappa shape index (κ2) is 7.14. The highest BCUT2D eigenvalue weighted by atomic mass is 16.2. The van der Waals surface area contributed by atoms with Crippen molar-refractivity contribution in [2.45, 2.75) is 6.42 Å². The summed E-state index contributed by atoms with van der Waals surface area (Å²) in [6.45, 7) is 0. The van der Waals surface area contributed by atoms with Gasteiger partial charge in [0.2, 0.25) is 0 Å². The molecule has 0 saturated heterocycles. The maximum absolute atomic E-state index is 12.2. The SMILES string of the molecule is CN(C)C(=O)c1cccc(-c2ccccc2Cc2ccccc2)c1. The molecular formula is C22H21NO. The van der Waals surface area contributed by atoms with Crippen molar-refractivity contribution in [2.75, 3.05) is 14.1 Å². The van der Waals surface area contributed by atoms with Gasteiger partial charge in [-0.05, 0) is 40.8 Å². The minimum atomic E-state index is 0.0254. The van der Waals surface area contributed by atoms with E-state index < -0.39 is 0 Å². The lowest BCUT2D eigenvalue weighted by atomic mass is 9.94. The molecule has 2 heteroatoms. The first-order chi connectivity index (χ1) is 11.6. The summed E-state index contributed by atoms with van der Waals surface area (Å²) in [5.74, 6) is 0.0254. The van der Waals surface area contributed by atoms with Gasteiger partial charge in [0.25, 0.3) is 5.91 Å². The van der Waals surface area contributed by atoms with Crippen LogP contribution in [-0.2, 0) is 6.42 Å². The van der Waals surface area contributed by atoms with E-state index in [4.69, 9.17) is 0 Å². The number of hydrogen-bond donors (Lipinski definition) is 0. The third-order valence-electron chi connectivity index (χ3n) is 4.08. The number of hydrogen-bond acceptors (Lipinski definition) is 1. The Kier molecular flexibility index (Phi) is 4.76. The van der Waals surface area contributed by atoms with Crippen LogP contribution in [-0.4, -0.2) is 24.9 Å². The molecular weight excluding hydrogens is 294 g/mol. The lowest BCUT2D eigenvalue weighted by molar-refractivity contribution is 0.0827. The molecule has 1 amide bonds. The van der Waals surface area contributed by atoms with Gasteiger partial charge in [0.1, 0.15) is 0 Å². The Morgan fingerprint density at radius 3 is 2.29 bits per heavy atom. The molecule has 0 heterocycles. The molecule has 0 saturated carbocycles. The van der Waals surface area contributed by atoms with E-state index in [1.165, 1.54) is 16.7 Å². The normalized spacial score (nSPS) is 10.4. The predicted molar refractivity (Wildman–Crippen MR) is 99.1 cm³/mol. The van der Waals surface area contributed by atoms with Gasteiger partial charge in [0.05, 0.1) is 0 Å². The Labute approximate surface area is 143 Å². The number of benzene rings is 3. The zero-order chi connectivity index (χ0) is 16.9. The minimum Gasteiger partial charge on any atom is -0.345 e. The van der Waals surface area contributed by atoms with Crippen LogP contribution in [0.25, 0.3) is 11.1 Å². The molecule has 0 N–H and O–H groups in total. The van der Waals surface area contributed by atoms with E-state index in [0.29, 0.717) is 5.56 Å². The molecule has 0 fully saturated rings. The summed E-state index contributed by atoms with van der Waals surface area (Å²) in [6, 6.07) is 26.7. The van der Waals surface area contributed by atoms with Crippen LogP contribution in [0.2, 0.25) is 0 Å². The monoisotopic (exact) mass is 315 g/mol. The molecule has 0 aliphatic heterocycles. The average Bonchev–Trinajstić information content (AvgIpc) is 2.62. The Morgan fingerprint density at radius 1 is 0.833 bits per heavy atom. The van der Waals surface area contributed by atoms with Crippen LogP contribution in [0.1, 0.15) is 21.5 Å². The summed E-state index contributed by atoms with van der Waals surface area (Å²) in [4.78, 5) is 13.8. The van der Waals surface area contributed by atoms with Crippen molar-refractivity contribution in [1.29, 1.82) is 0 Å². The van der Waals surface area contributed by atoms with Gasteiger partial charge in [-0.15, -0.1) is 0 Å². The zero-order valence-electron chi connectivity index (χ0n) is 14.1. The van der Waals surface area contributed by atoms with E-state index >= 15 is 0 Å². The fourth-order valence-electron chi connectivity index (χ4n) is 2.85. The summed E-state index contributed by atoms with van der Waals surface area (Å²) in [5, 5.41) is 0. The van der Waals surface area contributed by atoms with E-state index in [1.54, 1.807) is 19.0 Å². The van der Waals surface area contributed by atoms with Crippen LogP contribution in [0.15, 0.2) is 78.9 Å². The molecule has 0 spiro atoms. The van der Waals surface area contributed by atoms with Crippen LogP contribution >= 0.6 is 0 Å². The molecule has 3 rings (SSSR count). The summed E-state index contributed by atoms with van der Waals surface area (Å²) in [6.07, 6.45) is 0.878. The van der Waals surface area contributed by atoms with Gasteiger partial charge in [-0.2, -0.15) is 0 Å². The molecule has 0 aliphatic carbocycles. The lowest BCUT2D eigenvalue weighted by Gasteiger charge is -2.13. The number of amides is 1. The van der Waals surface area contributed by atoms with Gasteiger partial charge in [0.15, 0.2) is 0 Å². The van der Waals surface area contributed by atoms with E-state index in [9.17, 15) is 4.79 Å². The van der Waals surface area contributed by atoms with Crippen molar-refractivity contribution < 1.29 is 4.79 Å². The first-order valence-electron chi connectivity index (χ1n) is 8.09.